The van der Waals surface area contributed by atoms with E-state index in [4.69, 9.17) is 14.6 Å². The summed E-state index contributed by atoms with van der Waals surface area (Å²) < 4.78 is 9.90. The molecule has 17 heavy (non-hydrogen) atoms. The molecule has 0 aromatic heterocycles. The summed E-state index contributed by atoms with van der Waals surface area (Å²) in [6.45, 7) is 3.36. The van der Waals surface area contributed by atoms with Gasteiger partial charge < -0.3 is 14.6 Å². The zero-order valence-corrected chi connectivity index (χ0v) is 9.81. The first-order valence-electron chi connectivity index (χ1n) is 5.78. The van der Waals surface area contributed by atoms with Crippen LogP contribution in [0.5, 0.6) is 0 Å². The number of aliphatic hydroxyl groups is 1. The third-order valence-corrected chi connectivity index (χ3v) is 2.54. The van der Waals surface area contributed by atoms with Gasteiger partial charge in [0.05, 0.1) is 6.61 Å². The van der Waals surface area contributed by atoms with Crippen molar-refractivity contribution in [2.45, 2.75) is 38.2 Å². The van der Waals surface area contributed by atoms with Crippen molar-refractivity contribution < 1.29 is 24.2 Å². The van der Waals surface area contributed by atoms with Gasteiger partial charge in [-0.25, -0.2) is 4.79 Å². The van der Waals surface area contributed by atoms with Crippen molar-refractivity contribution in [2.75, 3.05) is 13.2 Å². The molecule has 0 amide bonds. The topological polar surface area (TPSA) is 72.8 Å². The molecular weight excluding hydrogens is 224 g/mol. The van der Waals surface area contributed by atoms with Crippen LogP contribution in [0.25, 0.3) is 0 Å². The fourth-order valence-electron chi connectivity index (χ4n) is 1.69. The summed E-state index contributed by atoms with van der Waals surface area (Å²) in [5.41, 5.74) is 0.276. The first-order valence-corrected chi connectivity index (χ1v) is 5.78. The van der Waals surface area contributed by atoms with Crippen LogP contribution in [0.1, 0.15) is 32.1 Å². The van der Waals surface area contributed by atoms with Crippen LogP contribution >= 0.6 is 0 Å². The summed E-state index contributed by atoms with van der Waals surface area (Å²) in [4.78, 5) is 22.6. The lowest BCUT2D eigenvalue weighted by atomic mass is 10.1. The second-order valence-electron chi connectivity index (χ2n) is 4.02. The lowest BCUT2D eigenvalue weighted by Crippen LogP contribution is -2.19. The van der Waals surface area contributed by atoms with Crippen molar-refractivity contribution in [3.63, 3.8) is 0 Å². The largest absolute Gasteiger partial charge is 0.462 e. The highest BCUT2D eigenvalue weighted by atomic mass is 16.5. The second-order valence-corrected chi connectivity index (χ2v) is 4.02. The average molecular weight is 242 g/mol. The quantitative estimate of drug-likeness (QED) is 0.574. The van der Waals surface area contributed by atoms with Crippen LogP contribution in [-0.4, -0.2) is 36.4 Å². The van der Waals surface area contributed by atoms with E-state index >= 15 is 0 Å². The second kappa shape index (κ2) is 7.06. The average Bonchev–Trinajstić information content (AvgIpc) is 2.50. The highest BCUT2D eigenvalue weighted by Gasteiger charge is 2.21. The number of carbonyl (C=O) groups is 2. The Bertz CT molecular complexity index is 297. The molecule has 5 heteroatoms. The third-order valence-electron chi connectivity index (χ3n) is 2.54. The van der Waals surface area contributed by atoms with Crippen LogP contribution in [-0.2, 0) is 19.1 Å². The van der Waals surface area contributed by atoms with E-state index in [1.54, 1.807) is 0 Å². The zero-order valence-electron chi connectivity index (χ0n) is 9.81. The van der Waals surface area contributed by atoms with Crippen LogP contribution in [0.4, 0.5) is 0 Å². The Hall–Kier alpha value is -1.36. The number of cyclic esters (lactones) is 1. The highest BCUT2D eigenvalue weighted by molar-refractivity contribution is 5.87. The predicted octanol–water partition coefficient (Wildman–Crippen LogP) is 0.954. The molecule has 1 heterocycles. The van der Waals surface area contributed by atoms with Crippen molar-refractivity contribution >= 4 is 11.9 Å². The third kappa shape index (κ3) is 4.99. The molecule has 0 aromatic carbocycles. The summed E-state index contributed by atoms with van der Waals surface area (Å²) in [6.07, 6.45) is 2.96. The number of esters is 2. The smallest absolute Gasteiger partial charge is 0.333 e. The van der Waals surface area contributed by atoms with Crippen molar-refractivity contribution in [1.29, 1.82) is 0 Å². The normalized spacial score (nSPS) is 20.3. The van der Waals surface area contributed by atoms with E-state index in [1.165, 1.54) is 0 Å². The number of aliphatic hydroxyl groups excluding tert-OH is 1. The van der Waals surface area contributed by atoms with Crippen LogP contribution in [0.3, 0.4) is 0 Å². The van der Waals surface area contributed by atoms with Gasteiger partial charge in [0, 0.05) is 18.4 Å². The minimum atomic E-state index is -0.542. The molecule has 1 unspecified atom stereocenters. The van der Waals surface area contributed by atoms with E-state index in [0.717, 1.165) is 19.3 Å². The summed E-state index contributed by atoms with van der Waals surface area (Å²) in [6, 6.07) is 0. The molecule has 5 nitrogen and oxygen atoms in total. The SMILES string of the molecule is C=C(CC1CCCCC(=O)O1)C(=O)OCCO. The molecule has 0 spiro atoms. The maximum atomic E-state index is 11.4. The summed E-state index contributed by atoms with van der Waals surface area (Å²) in [5, 5.41) is 8.51. The Balaban J connectivity index is 2.38. The Morgan fingerprint density at radius 1 is 1.53 bits per heavy atom. The first-order chi connectivity index (χ1) is 8.13. The Kier molecular flexibility index (Phi) is 5.69. The highest BCUT2D eigenvalue weighted by Crippen LogP contribution is 2.19. The molecule has 1 fully saturated rings. The van der Waals surface area contributed by atoms with Crippen molar-refractivity contribution in [1.82, 2.24) is 0 Å². The van der Waals surface area contributed by atoms with E-state index in [0.29, 0.717) is 12.8 Å². The number of ether oxygens (including phenoxy) is 2. The molecule has 0 radical (unpaired) electrons. The summed E-state index contributed by atoms with van der Waals surface area (Å²) >= 11 is 0. The molecular formula is C12H18O5. The van der Waals surface area contributed by atoms with Gasteiger partial charge in [0.25, 0.3) is 0 Å². The summed E-state index contributed by atoms with van der Waals surface area (Å²) in [7, 11) is 0. The van der Waals surface area contributed by atoms with E-state index in [2.05, 4.69) is 6.58 Å². The molecule has 96 valence electrons. The summed E-state index contributed by atoms with van der Waals surface area (Å²) in [5.74, 6) is -0.761. The van der Waals surface area contributed by atoms with Crippen LogP contribution in [0.2, 0.25) is 0 Å². The predicted molar refractivity (Wildman–Crippen MR) is 60.1 cm³/mol. The minimum Gasteiger partial charge on any atom is -0.462 e. The molecule has 1 aliphatic rings. The molecule has 0 bridgehead atoms. The van der Waals surface area contributed by atoms with Gasteiger partial charge in [-0.1, -0.05) is 6.58 Å². The van der Waals surface area contributed by atoms with Crippen molar-refractivity contribution in [2.24, 2.45) is 0 Å². The van der Waals surface area contributed by atoms with Gasteiger partial charge >= 0.3 is 11.9 Å². The Morgan fingerprint density at radius 2 is 2.29 bits per heavy atom. The van der Waals surface area contributed by atoms with E-state index in [-0.39, 0.29) is 30.9 Å². The zero-order chi connectivity index (χ0) is 12.7. The molecule has 1 rings (SSSR count). The molecule has 1 N–H and O–H groups in total. The lowest BCUT2D eigenvalue weighted by Gasteiger charge is -2.15. The molecule has 0 aromatic rings. The Labute approximate surface area is 100 Å². The maximum absolute atomic E-state index is 11.4. The number of rotatable bonds is 5. The van der Waals surface area contributed by atoms with Gasteiger partial charge in [0.1, 0.15) is 12.7 Å². The Morgan fingerprint density at radius 3 is 3.00 bits per heavy atom. The van der Waals surface area contributed by atoms with Crippen molar-refractivity contribution in [3.05, 3.63) is 12.2 Å². The number of hydrogen-bond acceptors (Lipinski definition) is 5. The number of carbonyl (C=O) groups excluding carboxylic acids is 2. The van der Waals surface area contributed by atoms with Crippen LogP contribution in [0.15, 0.2) is 12.2 Å². The molecule has 0 aliphatic carbocycles. The minimum absolute atomic E-state index is 0.0394. The standard InChI is InChI=1S/C12H18O5/c1-9(12(15)16-7-6-13)8-10-4-2-3-5-11(14)17-10/h10,13H,1-8H2. The number of hydrogen-bond donors (Lipinski definition) is 1. The first kappa shape index (κ1) is 13.7. The van der Waals surface area contributed by atoms with Gasteiger partial charge in [-0.15, -0.1) is 0 Å². The monoisotopic (exact) mass is 242 g/mol. The van der Waals surface area contributed by atoms with Gasteiger partial charge in [-0.3, -0.25) is 4.79 Å². The molecule has 1 atom stereocenters. The molecule has 0 saturated carbocycles. The van der Waals surface area contributed by atoms with E-state index in [1.807, 2.05) is 0 Å². The molecule has 1 aliphatic heterocycles. The van der Waals surface area contributed by atoms with Gasteiger partial charge in [0.15, 0.2) is 0 Å². The van der Waals surface area contributed by atoms with Crippen molar-refractivity contribution in [3.8, 4) is 0 Å². The van der Waals surface area contributed by atoms with E-state index < -0.39 is 5.97 Å². The fraction of sp³-hybridized carbons (Fsp3) is 0.667. The van der Waals surface area contributed by atoms with Gasteiger partial charge in [-0.2, -0.15) is 0 Å². The maximum Gasteiger partial charge on any atom is 0.333 e. The fourth-order valence-corrected chi connectivity index (χ4v) is 1.69. The van der Waals surface area contributed by atoms with E-state index in [9.17, 15) is 9.59 Å². The lowest BCUT2D eigenvalue weighted by molar-refractivity contribution is -0.149. The van der Waals surface area contributed by atoms with Crippen LogP contribution in [0, 0.1) is 0 Å². The molecule has 1 saturated heterocycles. The van der Waals surface area contributed by atoms with Crippen LogP contribution < -0.4 is 0 Å². The van der Waals surface area contributed by atoms with Gasteiger partial charge in [0.2, 0.25) is 0 Å². The van der Waals surface area contributed by atoms with Gasteiger partial charge in [-0.05, 0) is 19.3 Å².